The van der Waals surface area contributed by atoms with E-state index in [0.717, 1.165) is 23.3 Å². The van der Waals surface area contributed by atoms with Gasteiger partial charge in [-0.3, -0.25) is 14.2 Å². The molecule has 0 spiro atoms. The fourth-order valence-corrected chi connectivity index (χ4v) is 4.60. The highest BCUT2D eigenvalue weighted by Gasteiger charge is 2.34. The Morgan fingerprint density at radius 1 is 1.19 bits per heavy atom. The molecule has 194 valence electrons. The lowest BCUT2D eigenvalue weighted by Gasteiger charge is -2.22. The molecule has 3 aromatic rings. The van der Waals surface area contributed by atoms with Crippen molar-refractivity contribution >= 4 is 45.9 Å². The van der Waals surface area contributed by atoms with Gasteiger partial charge < -0.3 is 15.4 Å². The highest BCUT2D eigenvalue weighted by atomic mass is 35.5. The minimum Gasteiger partial charge on any atom is -0.454 e. The Hall–Kier alpha value is -3.48. The predicted octanol–water partition coefficient (Wildman–Crippen LogP) is 4.27. The number of halogens is 3. The monoisotopic (exact) mass is 549 g/mol. The molecule has 1 amide bonds. The van der Waals surface area contributed by atoms with Gasteiger partial charge in [-0.05, 0) is 50.5 Å². The van der Waals surface area contributed by atoms with Gasteiger partial charge in [0.1, 0.15) is 28.6 Å². The second-order valence-electron chi connectivity index (χ2n) is 8.87. The number of pyridine rings is 1. The van der Waals surface area contributed by atoms with Gasteiger partial charge in [-0.25, -0.2) is 13.0 Å². The summed E-state index contributed by atoms with van der Waals surface area (Å²) >= 11 is 4.78. The van der Waals surface area contributed by atoms with Crippen LogP contribution in [0.2, 0.25) is 5.02 Å². The molecule has 1 unspecified atom stereocenters. The third kappa shape index (κ3) is 4.91. The molecule has 13 heteroatoms. The van der Waals surface area contributed by atoms with Gasteiger partial charge in [-0.15, -0.1) is 4.83 Å². The van der Waals surface area contributed by atoms with E-state index in [4.69, 9.17) is 16.3 Å². The molecule has 9 nitrogen and oxygen atoms in total. The van der Waals surface area contributed by atoms with Gasteiger partial charge >= 0.3 is 0 Å². The summed E-state index contributed by atoms with van der Waals surface area (Å²) in [6.45, 7) is 3.19. The Kier molecular flexibility index (Phi) is 6.42. The van der Waals surface area contributed by atoms with Gasteiger partial charge in [-0.2, -0.15) is 4.41 Å². The lowest BCUT2D eigenvalue weighted by Crippen LogP contribution is -2.31. The van der Waals surface area contributed by atoms with Crippen LogP contribution in [-0.2, 0) is 18.2 Å². The fraction of sp³-hybridized carbons (Fsp3) is 0.250. The summed E-state index contributed by atoms with van der Waals surface area (Å²) in [5.74, 6) is -2.25. The molecule has 1 aliphatic heterocycles. The molecule has 2 aromatic carbocycles. The molecule has 3 N–H and O–H groups in total. The van der Waals surface area contributed by atoms with Gasteiger partial charge in [0.05, 0.1) is 16.3 Å². The fourth-order valence-electron chi connectivity index (χ4n) is 3.79. The van der Waals surface area contributed by atoms with E-state index in [1.54, 1.807) is 13.0 Å². The summed E-state index contributed by atoms with van der Waals surface area (Å²) in [7, 11) is 1.44. The highest BCUT2D eigenvalue weighted by Crippen LogP contribution is 2.40. The van der Waals surface area contributed by atoms with Crippen LogP contribution < -0.4 is 30.2 Å². The molecule has 1 atom stereocenters. The molecular weight excluding hydrogens is 528 g/mol. The molecule has 0 radical (unpaired) electrons. The summed E-state index contributed by atoms with van der Waals surface area (Å²) < 4.78 is 49.1. The zero-order chi connectivity index (χ0) is 26.6. The highest BCUT2D eigenvalue weighted by molar-refractivity contribution is 7.91. The van der Waals surface area contributed by atoms with Crippen LogP contribution in [0, 0.1) is 25.5 Å². The van der Waals surface area contributed by atoms with Crippen molar-refractivity contribution in [3.63, 3.8) is 0 Å². The Morgan fingerprint density at radius 3 is 2.51 bits per heavy atom. The molecule has 2 fully saturated rings. The van der Waals surface area contributed by atoms with Gasteiger partial charge in [0.15, 0.2) is 11.6 Å². The number of hydrogen-bond donors (Lipinski definition) is 3. The number of aryl methyl sites for hydroxylation is 1. The van der Waals surface area contributed by atoms with Crippen LogP contribution in [0.1, 0.15) is 34.3 Å². The van der Waals surface area contributed by atoms with E-state index in [1.165, 1.54) is 36.7 Å². The Labute approximate surface area is 218 Å². The third-order valence-corrected chi connectivity index (χ3v) is 7.09. The van der Waals surface area contributed by atoms with Crippen LogP contribution in [0.15, 0.2) is 35.1 Å². The van der Waals surface area contributed by atoms with E-state index in [0.29, 0.717) is 5.56 Å². The summed E-state index contributed by atoms with van der Waals surface area (Å²) in [5, 5.41) is 5.67. The zero-order valence-electron chi connectivity index (χ0n) is 19.9. The summed E-state index contributed by atoms with van der Waals surface area (Å²) in [6, 6.07) is 6.64. The number of nitrogens with one attached hydrogen (secondary N) is 3. The number of aromatic nitrogens is 1. The SMILES string of the molecule is Cc1ccc(Nc2c(C(=O)NC3CC3)c(Oc3cc(F)c(N4NS4=O)cc3Cl)c(C)c(=O)n2C)c(F)c1. The van der Waals surface area contributed by atoms with Crippen molar-refractivity contribution < 1.29 is 22.5 Å². The van der Waals surface area contributed by atoms with E-state index in [-0.39, 0.29) is 50.9 Å². The molecule has 37 heavy (non-hydrogen) atoms. The van der Waals surface area contributed by atoms with E-state index in [2.05, 4.69) is 15.5 Å². The number of carbonyl (C=O) groups is 1. The van der Waals surface area contributed by atoms with Gasteiger partial charge in [0.2, 0.25) is 11.2 Å². The minimum absolute atomic E-state index is 0.0107. The van der Waals surface area contributed by atoms with Gasteiger partial charge in [0.25, 0.3) is 11.5 Å². The van der Waals surface area contributed by atoms with Crippen molar-refractivity contribution in [2.24, 2.45) is 7.05 Å². The Morgan fingerprint density at radius 2 is 1.89 bits per heavy atom. The average molecular weight is 550 g/mol. The normalized spacial score (nSPS) is 16.5. The first-order valence-electron chi connectivity index (χ1n) is 11.3. The van der Waals surface area contributed by atoms with Gasteiger partial charge in [0, 0.05) is 19.2 Å². The number of anilines is 3. The summed E-state index contributed by atoms with van der Waals surface area (Å²) in [5.41, 5.74) is 0.153. The summed E-state index contributed by atoms with van der Waals surface area (Å²) in [6.07, 6.45) is 1.60. The second kappa shape index (κ2) is 9.43. The number of ether oxygens (including phenoxy) is 1. The number of carbonyl (C=O) groups excluding carboxylic acids is 1. The topological polar surface area (TPSA) is 114 Å². The quantitative estimate of drug-likeness (QED) is 0.381. The third-order valence-electron chi connectivity index (χ3n) is 6.01. The molecule has 0 bridgehead atoms. The Bertz CT molecular complexity index is 1540. The molecular formula is C24H22ClF2N5O4S. The lowest BCUT2D eigenvalue weighted by molar-refractivity contribution is 0.0948. The van der Waals surface area contributed by atoms with Crippen LogP contribution in [0.3, 0.4) is 0 Å². The number of hydrogen-bond acceptors (Lipinski definition) is 5. The predicted molar refractivity (Wildman–Crippen MR) is 137 cm³/mol. The van der Waals surface area contributed by atoms with Crippen molar-refractivity contribution in [3.8, 4) is 11.5 Å². The van der Waals surface area contributed by atoms with Crippen LogP contribution in [-0.4, -0.2) is 20.7 Å². The number of hydrazine groups is 1. The van der Waals surface area contributed by atoms with Crippen LogP contribution in [0.5, 0.6) is 11.5 Å². The molecule has 2 aliphatic rings. The van der Waals surface area contributed by atoms with Crippen molar-refractivity contribution in [1.29, 1.82) is 0 Å². The van der Waals surface area contributed by atoms with E-state index >= 15 is 0 Å². The van der Waals surface area contributed by atoms with Crippen LogP contribution in [0.25, 0.3) is 0 Å². The molecule has 1 aliphatic carbocycles. The second-order valence-corrected chi connectivity index (χ2v) is 10.3. The van der Waals surface area contributed by atoms with E-state index in [1.807, 2.05) is 0 Å². The van der Waals surface area contributed by atoms with E-state index in [9.17, 15) is 22.6 Å². The minimum atomic E-state index is -1.55. The molecule has 5 rings (SSSR count). The average Bonchev–Trinajstić information content (AvgIpc) is 3.77. The smallest absolute Gasteiger partial charge is 0.259 e. The first-order valence-corrected chi connectivity index (χ1v) is 12.8. The van der Waals surface area contributed by atoms with Crippen LogP contribution in [0.4, 0.5) is 26.0 Å². The van der Waals surface area contributed by atoms with Crippen LogP contribution >= 0.6 is 11.6 Å². The largest absolute Gasteiger partial charge is 0.454 e. The lowest BCUT2D eigenvalue weighted by atomic mass is 10.1. The molecule has 1 saturated carbocycles. The Balaban J connectivity index is 1.64. The van der Waals surface area contributed by atoms with Gasteiger partial charge in [-0.1, -0.05) is 17.7 Å². The maximum absolute atomic E-state index is 14.8. The van der Waals surface area contributed by atoms with Crippen molar-refractivity contribution in [3.05, 3.63) is 74.0 Å². The molecule has 1 aromatic heterocycles. The maximum Gasteiger partial charge on any atom is 0.259 e. The van der Waals surface area contributed by atoms with Crippen molar-refractivity contribution in [2.75, 3.05) is 9.73 Å². The zero-order valence-corrected chi connectivity index (χ0v) is 21.5. The van der Waals surface area contributed by atoms with E-state index < -0.39 is 34.3 Å². The van der Waals surface area contributed by atoms with Crippen molar-refractivity contribution in [1.82, 2.24) is 14.7 Å². The first-order chi connectivity index (χ1) is 17.5. The molecule has 1 saturated heterocycles. The van der Waals surface area contributed by atoms with Crippen molar-refractivity contribution in [2.45, 2.75) is 32.7 Å². The molecule has 2 heterocycles. The number of nitrogens with zero attached hydrogens (tertiary/aromatic N) is 2. The number of benzene rings is 2. The standard InChI is InChI=1S/C24H22ClF2N5O4S/c1-11-4-7-17(15(26)8-11)29-22-20(23(33)28-13-5-6-13)21(12(2)24(34)31(22)3)36-19-10-16(27)18(9-14(19)25)32-30-37(32)35/h4,7-10,13,29-30H,5-6H2,1-3H3,(H,28,33). The summed E-state index contributed by atoms with van der Waals surface area (Å²) in [4.78, 5) is 29.0. The number of rotatable bonds is 7. The maximum atomic E-state index is 14.8. The number of amides is 1. The first kappa shape index (κ1) is 25.2.